The van der Waals surface area contributed by atoms with Gasteiger partial charge in [-0.3, -0.25) is 19.8 Å². The lowest BCUT2D eigenvalue weighted by molar-refractivity contribution is -0.134. The van der Waals surface area contributed by atoms with Crippen LogP contribution < -0.4 is 15.0 Å². The number of amides is 3. The van der Waals surface area contributed by atoms with Crippen LogP contribution >= 0.6 is 11.6 Å². The molecule has 0 bridgehead atoms. The molecule has 0 radical (unpaired) electrons. The average Bonchev–Trinajstić information content (AvgIpc) is 3.12. The fourth-order valence-electron chi connectivity index (χ4n) is 3.08. The zero-order chi connectivity index (χ0) is 21.4. The Balaban J connectivity index is 1.53. The van der Waals surface area contributed by atoms with Crippen LogP contribution in [0.5, 0.6) is 5.75 Å². The van der Waals surface area contributed by atoms with Crippen LogP contribution in [0.1, 0.15) is 24.7 Å². The van der Waals surface area contributed by atoms with Gasteiger partial charge in [0.05, 0.1) is 5.69 Å². The van der Waals surface area contributed by atoms with Crippen LogP contribution in [-0.2, 0) is 9.59 Å². The predicted molar refractivity (Wildman–Crippen MR) is 105 cm³/mol. The zero-order valence-electron chi connectivity index (χ0n) is 15.6. The van der Waals surface area contributed by atoms with Crippen LogP contribution in [-0.4, -0.2) is 29.9 Å². The lowest BCUT2D eigenvalue weighted by Gasteiger charge is -2.17. The molecule has 3 aromatic rings. The predicted octanol–water partition coefficient (Wildman–Crippen LogP) is 3.78. The summed E-state index contributed by atoms with van der Waals surface area (Å²) in [5, 5.41) is 2.53. The molecule has 10 heteroatoms. The molecular weight excluding hydrogens is 417 g/mol. The van der Waals surface area contributed by atoms with Crippen molar-refractivity contribution in [2.24, 2.45) is 0 Å². The van der Waals surface area contributed by atoms with E-state index in [1.54, 1.807) is 6.07 Å². The van der Waals surface area contributed by atoms with Gasteiger partial charge >= 0.3 is 6.09 Å². The van der Waals surface area contributed by atoms with E-state index in [1.165, 1.54) is 31.3 Å². The van der Waals surface area contributed by atoms with Gasteiger partial charge in [-0.05, 0) is 36.8 Å². The second-order valence-electron chi connectivity index (χ2n) is 6.71. The van der Waals surface area contributed by atoms with Gasteiger partial charge < -0.3 is 9.15 Å². The highest BCUT2D eigenvalue weighted by atomic mass is 35.5. The third-order valence-electron chi connectivity index (χ3n) is 4.66. The van der Waals surface area contributed by atoms with E-state index in [-0.39, 0.29) is 34.7 Å². The number of aromatic nitrogens is 1. The standard InChI is InChI=1S/C20H15ClFN3O5/c1-25(15-8-10(21)2-5-13(15)22)20(28)29-11-3-6-16-14(9-11)23-19(30-16)12-4-7-17(26)24-18(12)27/h2-3,5-6,8-9,12H,4,7H2,1H3,(H,24,26,27). The molecule has 0 aliphatic carbocycles. The van der Waals surface area contributed by atoms with Crippen molar-refractivity contribution in [3.63, 3.8) is 0 Å². The van der Waals surface area contributed by atoms with Crippen molar-refractivity contribution >= 4 is 46.3 Å². The number of nitrogens with one attached hydrogen (secondary N) is 1. The average molecular weight is 432 g/mol. The van der Waals surface area contributed by atoms with Gasteiger partial charge in [-0.1, -0.05) is 11.6 Å². The highest BCUT2D eigenvalue weighted by Crippen LogP contribution is 2.30. The maximum absolute atomic E-state index is 14.0. The summed E-state index contributed by atoms with van der Waals surface area (Å²) in [6, 6.07) is 8.33. The number of rotatable bonds is 3. The molecule has 1 aliphatic heterocycles. The summed E-state index contributed by atoms with van der Waals surface area (Å²) < 4.78 is 24.9. The summed E-state index contributed by atoms with van der Waals surface area (Å²) in [5.74, 6) is -1.75. The number of carbonyl (C=O) groups excluding carboxylic acids is 3. The molecule has 1 saturated heterocycles. The van der Waals surface area contributed by atoms with Gasteiger partial charge in [-0.25, -0.2) is 14.2 Å². The number of halogens is 2. The Bertz CT molecular complexity index is 1180. The van der Waals surface area contributed by atoms with E-state index in [2.05, 4.69) is 10.3 Å². The van der Waals surface area contributed by atoms with E-state index in [4.69, 9.17) is 20.8 Å². The zero-order valence-corrected chi connectivity index (χ0v) is 16.4. The minimum absolute atomic E-state index is 0.0323. The van der Waals surface area contributed by atoms with E-state index in [1.807, 2.05) is 0 Å². The quantitative estimate of drug-likeness (QED) is 0.633. The number of piperidine rings is 1. The maximum Gasteiger partial charge on any atom is 0.419 e. The molecular formula is C20H15ClFN3O5. The van der Waals surface area contributed by atoms with Gasteiger partial charge in [-0.15, -0.1) is 0 Å². The first-order valence-corrected chi connectivity index (χ1v) is 9.34. The molecule has 1 fully saturated rings. The first-order chi connectivity index (χ1) is 14.3. The normalized spacial score (nSPS) is 16.4. The number of carbonyl (C=O) groups is 3. The maximum atomic E-state index is 14.0. The van der Waals surface area contributed by atoms with Crippen LogP contribution in [0.4, 0.5) is 14.9 Å². The molecule has 2 heterocycles. The van der Waals surface area contributed by atoms with Crippen molar-refractivity contribution in [2.45, 2.75) is 18.8 Å². The lowest BCUT2D eigenvalue weighted by Crippen LogP contribution is -2.39. The molecule has 1 N–H and O–H groups in total. The van der Waals surface area contributed by atoms with Crippen LogP contribution in [0, 0.1) is 5.82 Å². The minimum Gasteiger partial charge on any atom is -0.440 e. The van der Waals surface area contributed by atoms with Gasteiger partial charge in [-0.2, -0.15) is 0 Å². The third-order valence-corrected chi connectivity index (χ3v) is 4.90. The molecule has 154 valence electrons. The van der Waals surface area contributed by atoms with E-state index < -0.39 is 23.7 Å². The van der Waals surface area contributed by atoms with Crippen molar-refractivity contribution in [2.75, 3.05) is 11.9 Å². The number of nitrogens with zero attached hydrogens (tertiary/aromatic N) is 2. The number of imide groups is 1. The van der Waals surface area contributed by atoms with Crippen LogP contribution in [0.3, 0.4) is 0 Å². The third kappa shape index (κ3) is 3.84. The molecule has 1 aromatic heterocycles. The fraction of sp³-hybridized carbons (Fsp3) is 0.200. The Kier molecular flexibility index (Phi) is 5.13. The summed E-state index contributed by atoms with van der Waals surface area (Å²) in [4.78, 5) is 41.0. The minimum atomic E-state index is -0.829. The Morgan fingerprint density at radius 1 is 1.30 bits per heavy atom. The molecule has 30 heavy (non-hydrogen) atoms. The Hall–Kier alpha value is -3.46. The van der Waals surface area contributed by atoms with E-state index >= 15 is 0 Å². The summed E-state index contributed by atoms with van der Waals surface area (Å²) in [7, 11) is 1.35. The number of hydrogen-bond acceptors (Lipinski definition) is 6. The lowest BCUT2D eigenvalue weighted by atomic mass is 9.98. The van der Waals surface area contributed by atoms with Crippen LogP contribution in [0.25, 0.3) is 11.1 Å². The molecule has 2 aromatic carbocycles. The van der Waals surface area contributed by atoms with Crippen LogP contribution in [0.2, 0.25) is 5.02 Å². The summed E-state index contributed by atoms with van der Waals surface area (Å²) in [6.45, 7) is 0. The second-order valence-corrected chi connectivity index (χ2v) is 7.14. The van der Waals surface area contributed by atoms with E-state index in [0.29, 0.717) is 17.5 Å². The van der Waals surface area contributed by atoms with Crippen molar-refractivity contribution in [1.82, 2.24) is 10.3 Å². The SMILES string of the molecule is CN(C(=O)Oc1ccc2oc(C3CCC(=O)NC3=O)nc2c1)c1cc(Cl)ccc1F. The number of anilines is 1. The van der Waals surface area contributed by atoms with Crippen molar-refractivity contribution < 1.29 is 27.9 Å². The van der Waals surface area contributed by atoms with Gasteiger partial charge in [0.15, 0.2) is 5.58 Å². The molecule has 4 rings (SSSR count). The Morgan fingerprint density at radius 3 is 2.87 bits per heavy atom. The monoisotopic (exact) mass is 431 g/mol. The van der Waals surface area contributed by atoms with Crippen molar-refractivity contribution in [3.8, 4) is 5.75 Å². The van der Waals surface area contributed by atoms with Gasteiger partial charge in [0.1, 0.15) is 23.0 Å². The first kappa shape index (κ1) is 19.8. The number of hydrogen-bond donors (Lipinski definition) is 1. The summed E-state index contributed by atoms with van der Waals surface area (Å²) in [5.41, 5.74) is 0.732. The van der Waals surface area contributed by atoms with Crippen molar-refractivity contribution in [1.29, 1.82) is 0 Å². The smallest absolute Gasteiger partial charge is 0.419 e. The second kappa shape index (κ2) is 7.75. The topological polar surface area (TPSA) is 102 Å². The molecule has 1 atom stereocenters. The fourth-order valence-corrected chi connectivity index (χ4v) is 3.24. The largest absolute Gasteiger partial charge is 0.440 e. The summed E-state index contributed by atoms with van der Waals surface area (Å²) >= 11 is 5.86. The van der Waals surface area contributed by atoms with Crippen LogP contribution in [0.15, 0.2) is 40.8 Å². The Labute approximate surface area is 174 Å². The Morgan fingerprint density at radius 2 is 2.10 bits per heavy atom. The number of ether oxygens (including phenoxy) is 1. The molecule has 1 aliphatic rings. The van der Waals surface area contributed by atoms with E-state index in [0.717, 1.165) is 11.0 Å². The molecule has 8 nitrogen and oxygen atoms in total. The van der Waals surface area contributed by atoms with Gasteiger partial charge in [0, 0.05) is 24.6 Å². The van der Waals surface area contributed by atoms with Gasteiger partial charge in [0.2, 0.25) is 17.7 Å². The number of benzene rings is 2. The molecule has 1 unspecified atom stereocenters. The highest BCUT2D eigenvalue weighted by Gasteiger charge is 2.32. The number of oxazole rings is 1. The molecule has 0 spiro atoms. The first-order valence-electron chi connectivity index (χ1n) is 8.96. The number of fused-ring (bicyclic) bond motifs is 1. The van der Waals surface area contributed by atoms with Gasteiger partial charge in [0.25, 0.3) is 0 Å². The van der Waals surface area contributed by atoms with Crippen molar-refractivity contribution in [3.05, 3.63) is 53.1 Å². The highest BCUT2D eigenvalue weighted by molar-refractivity contribution is 6.30. The molecule has 0 saturated carbocycles. The van der Waals surface area contributed by atoms with E-state index in [9.17, 15) is 18.8 Å². The summed E-state index contributed by atoms with van der Waals surface area (Å²) in [6.07, 6.45) is -0.330. The molecule has 3 amide bonds.